The number of terminal acetylenes is 1. The van der Waals surface area contributed by atoms with Crippen LogP contribution in [0.25, 0.3) is 0 Å². The van der Waals surface area contributed by atoms with E-state index in [0.717, 1.165) is 13.1 Å². The average molecular weight is 123 g/mol. The van der Waals surface area contributed by atoms with E-state index in [1.54, 1.807) is 6.08 Å². The van der Waals surface area contributed by atoms with Gasteiger partial charge in [-0.25, -0.2) is 0 Å². The summed E-state index contributed by atoms with van der Waals surface area (Å²) in [6, 6.07) is 0. The Bertz CT molecular complexity index is 115. The van der Waals surface area contributed by atoms with Gasteiger partial charge in [-0.2, -0.15) is 0 Å². The molecule has 0 heterocycles. The normalized spacial score (nSPS) is 9.44. The maximum atomic E-state index is 5.02. The summed E-state index contributed by atoms with van der Waals surface area (Å²) in [5.41, 5.74) is 0. The van der Waals surface area contributed by atoms with Crippen molar-refractivity contribution in [1.29, 1.82) is 0 Å². The van der Waals surface area contributed by atoms with Gasteiger partial charge in [0.15, 0.2) is 0 Å². The lowest BCUT2D eigenvalue weighted by atomic mass is 10.5. The molecule has 0 saturated carbocycles. The maximum absolute atomic E-state index is 5.02. The first kappa shape index (κ1) is 8.10. The largest absolute Gasteiger partial charge is 0.377 e. The second-order valence-electron chi connectivity index (χ2n) is 1.70. The fraction of sp³-hybridized carbons (Fsp3) is 0.500. The Hall–Kier alpha value is -0.900. The van der Waals surface area contributed by atoms with Gasteiger partial charge in [-0.15, -0.1) is 6.42 Å². The molecule has 0 unspecified atom stereocenters. The van der Waals surface area contributed by atoms with Crippen LogP contribution in [0.15, 0.2) is 12.3 Å². The summed E-state index contributed by atoms with van der Waals surface area (Å²) in [6.45, 7) is 6.25. The SMILES string of the molecule is C#C/C=C/N(CC)CC. The molecule has 0 radical (unpaired) electrons. The molecule has 50 valence electrons. The zero-order chi connectivity index (χ0) is 7.11. The minimum Gasteiger partial charge on any atom is -0.377 e. The predicted molar refractivity (Wildman–Crippen MR) is 40.9 cm³/mol. The van der Waals surface area contributed by atoms with Crippen LogP contribution in [0.2, 0.25) is 0 Å². The van der Waals surface area contributed by atoms with Crippen molar-refractivity contribution in [3.63, 3.8) is 0 Å². The van der Waals surface area contributed by atoms with Crippen molar-refractivity contribution in [2.24, 2.45) is 0 Å². The summed E-state index contributed by atoms with van der Waals surface area (Å²) in [7, 11) is 0. The Balaban J connectivity index is 3.57. The zero-order valence-electron chi connectivity index (χ0n) is 6.09. The Morgan fingerprint density at radius 2 is 2.00 bits per heavy atom. The number of hydrogen-bond donors (Lipinski definition) is 0. The molecule has 0 rings (SSSR count). The standard InChI is InChI=1S/C8H13N/c1-4-7-8-9(5-2)6-3/h1,7-8H,5-6H2,2-3H3/b8-7+. The third kappa shape index (κ3) is 3.66. The third-order valence-electron chi connectivity index (χ3n) is 1.19. The van der Waals surface area contributed by atoms with Crippen molar-refractivity contribution in [3.05, 3.63) is 12.3 Å². The van der Waals surface area contributed by atoms with Gasteiger partial charge in [0.05, 0.1) is 0 Å². The number of nitrogens with zero attached hydrogens (tertiary/aromatic N) is 1. The lowest BCUT2D eigenvalue weighted by Crippen LogP contribution is -2.14. The Morgan fingerprint density at radius 1 is 1.44 bits per heavy atom. The molecule has 0 N–H and O–H groups in total. The molecule has 0 amide bonds. The first-order valence-electron chi connectivity index (χ1n) is 3.22. The van der Waals surface area contributed by atoms with E-state index in [1.165, 1.54) is 0 Å². The topological polar surface area (TPSA) is 3.24 Å². The average Bonchev–Trinajstić information content (AvgIpc) is 1.91. The quantitative estimate of drug-likeness (QED) is 0.514. The molecule has 0 aliphatic heterocycles. The van der Waals surface area contributed by atoms with Gasteiger partial charge in [-0.3, -0.25) is 0 Å². The van der Waals surface area contributed by atoms with Crippen LogP contribution in [0.3, 0.4) is 0 Å². The van der Waals surface area contributed by atoms with E-state index in [0.29, 0.717) is 0 Å². The summed E-state index contributed by atoms with van der Waals surface area (Å²) < 4.78 is 0. The molecule has 0 aliphatic rings. The first-order valence-corrected chi connectivity index (χ1v) is 3.22. The molecular weight excluding hydrogens is 110 g/mol. The van der Waals surface area contributed by atoms with E-state index in [9.17, 15) is 0 Å². The number of hydrogen-bond acceptors (Lipinski definition) is 1. The summed E-state index contributed by atoms with van der Waals surface area (Å²) in [4.78, 5) is 2.14. The van der Waals surface area contributed by atoms with Crippen LogP contribution < -0.4 is 0 Å². The highest BCUT2D eigenvalue weighted by atomic mass is 15.1. The Kier molecular flexibility index (Phi) is 4.72. The molecule has 1 heteroatoms. The molecule has 0 aromatic heterocycles. The molecule has 0 spiro atoms. The molecule has 0 bridgehead atoms. The molecule has 0 aromatic rings. The van der Waals surface area contributed by atoms with E-state index in [1.807, 2.05) is 6.20 Å². The highest BCUT2D eigenvalue weighted by Gasteiger charge is 1.85. The molecule has 0 aromatic carbocycles. The number of rotatable bonds is 3. The van der Waals surface area contributed by atoms with Gasteiger partial charge < -0.3 is 4.90 Å². The van der Waals surface area contributed by atoms with E-state index in [4.69, 9.17) is 6.42 Å². The smallest absolute Gasteiger partial charge is 0.0144 e. The van der Waals surface area contributed by atoms with Crippen LogP contribution in [0.1, 0.15) is 13.8 Å². The van der Waals surface area contributed by atoms with E-state index in [2.05, 4.69) is 24.7 Å². The Morgan fingerprint density at radius 3 is 2.33 bits per heavy atom. The van der Waals surface area contributed by atoms with Gasteiger partial charge in [0.1, 0.15) is 0 Å². The van der Waals surface area contributed by atoms with Crippen LogP contribution in [-0.2, 0) is 0 Å². The van der Waals surface area contributed by atoms with Crippen molar-refractivity contribution in [1.82, 2.24) is 4.90 Å². The summed E-state index contributed by atoms with van der Waals surface area (Å²) in [5.74, 6) is 2.44. The molecule has 1 nitrogen and oxygen atoms in total. The molecular formula is C8H13N. The molecule has 0 fully saturated rings. The molecule has 0 atom stereocenters. The lowest BCUT2D eigenvalue weighted by molar-refractivity contribution is 0.419. The summed E-state index contributed by atoms with van der Waals surface area (Å²) in [5, 5.41) is 0. The second kappa shape index (κ2) is 5.24. The predicted octanol–water partition coefficient (Wildman–Crippen LogP) is 1.48. The van der Waals surface area contributed by atoms with Crippen LogP contribution in [0.5, 0.6) is 0 Å². The molecule has 0 saturated heterocycles. The van der Waals surface area contributed by atoms with Gasteiger partial charge in [0.25, 0.3) is 0 Å². The van der Waals surface area contributed by atoms with Gasteiger partial charge in [0.2, 0.25) is 0 Å². The lowest BCUT2D eigenvalue weighted by Gasteiger charge is -2.13. The fourth-order valence-corrected chi connectivity index (χ4v) is 0.583. The van der Waals surface area contributed by atoms with Gasteiger partial charge >= 0.3 is 0 Å². The van der Waals surface area contributed by atoms with Gasteiger partial charge in [-0.1, -0.05) is 5.92 Å². The van der Waals surface area contributed by atoms with Crippen molar-refractivity contribution >= 4 is 0 Å². The van der Waals surface area contributed by atoms with E-state index >= 15 is 0 Å². The minimum absolute atomic E-state index is 1.02. The van der Waals surface area contributed by atoms with Gasteiger partial charge in [0, 0.05) is 25.4 Å². The van der Waals surface area contributed by atoms with Crippen molar-refractivity contribution < 1.29 is 0 Å². The summed E-state index contributed by atoms with van der Waals surface area (Å²) >= 11 is 0. The van der Waals surface area contributed by atoms with Crippen molar-refractivity contribution in [2.45, 2.75) is 13.8 Å². The molecule has 0 aliphatic carbocycles. The van der Waals surface area contributed by atoms with Crippen molar-refractivity contribution in [2.75, 3.05) is 13.1 Å². The third-order valence-corrected chi connectivity index (χ3v) is 1.19. The van der Waals surface area contributed by atoms with Crippen LogP contribution >= 0.6 is 0 Å². The van der Waals surface area contributed by atoms with Gasteiger partial charge in [-0.05, 0) is 13.8 Å². The van der Waals surface area contributed by atoms with Crippen LogP contribution in [0, 0.1) is 12.3 Å². The maximum Gasteiger partial charge on any atom is 0.0144 e. The Labute approximate surface area is 57.4 Å². The molecule has 9 heavy (non-hydrogen) atoms. The highest BCUT2D eigenvalue weighted by Crippen LogP contribution is 1.85. The second-order valence-corrected chi connectivity index (χ2v) is 1.70. The highest BCUT2D eigenvalue weighted by molar-refractivity contribution is 5.08. The monoisotopic (exact) mass is 123 g/mol. The summed E-state index contributed by atoms with van der Waals surface area (Å²) in [6.07, 6.45) is 8.67. The van der Waals surface area contributed by atoms with Crippen LogP contribution in [0.4, 0.5) is 0 Å². The van der Waals surface area contributed by atoms with Crippen molar-refractivity contribution in [3.8, 4) is 12.3 Å². The van der Waals surface area contributed by atoms with E-state index in [-0.39, 0.29) is 0 Å². The fourth-order valence-electron chi connectivity index (χ4n) is 0.583. The van der Waals surface area contributed by atoms with E-state index < -0.39 is 0 Å². The zero-order valence-corrected chi connectivity index (χ0v) is 6.09. The first-order chi connectivity index (χ1) is 4.35. The number of allylic oxidation sites excluding steroid dienone is 1. The minimum atomic E-state index is 1.02. The van der Waals surface area contributed by atoms with Crippen LogP contribution in [-0.4, -0.2) is 18.0 Å².